The van der Waals surface area contributed by atoms with E-state index in [0.29, 0.717) is 6.54 Å². The maximum absolute atomic E-state index is 13.3. The van der Waals surface area contributed by atoms with Crippen molar-refractivity contribution in [2.24, 2.45) is 0 Å². The van der Waals surface area contributed by atoms with Gasteiger partial charge in [0, 0.05) is 34.8 Å². The summed E-state index contributed by atoms with van der Waals surface area (Å²) >= 11 is 1.64. The molecule has 3 aromatic rings. The van der Waals surface area contributed by atoms with E-state index >= 15 is 0 Å². The number of benzene rings is 1. The van der Waals surface area contributed by atoms with Crippen molar-refractivity contribution in [2.75, 3.05) is 13.1 Å². The molecule has 0 saturated carbocycles. The highest BCUT2D eigenvalue weighted by molar-refractivity contribution is 7.10. The molecule has 1 aliphatic rings. The van der Waals surface area contributed by atoms with Crippen molar-refractivity contribution in [1.29, 1.82) is 0 Å². The lowest BCUT2D eigenvalue weighted by molar-refractivity contribution is 0.0706. The predicted octanol–water partition coefficient (Wildman–Crippen LogP) is 4.17. The van der Waals surface area contributed by atoms with Crippen molar-refractivity contribution in [1.82, 2.24) is 20.1 Å². The third kappa shape index (κ3) is 3.17. The van der Waals surface area contributed by atoms with E-state index < -0.39 is 0 Å². The molecule has 2 aromatic heterocycles. The van der Waals surface area contributed by atoms with Crippen LogP contribution < -0.4 is 0 Å². The summed E-state index contributed by atoms with van der Waals surface area (Å²) < 4.78 is 0. The van der Waals surface area contributed by atoms with Crippen molar-refractivity contribution in [3.63, 3.8) is 0 Å². The zero-order chi connectivity index (χ0) is 18.1. The summed E-state index contributed by atoms with van der Waals surface area (Å²) in [6, 6.07) is 10.2. The maximum atomic E-state index is 13.3. The number of hydrogen-bond donors (Lipinski definition) is 1. The molecule has 6 heteroatoms. The number of likely N-dealkylation sites (tertiary alicyclic amines) is 1. The highest BCUT2D eigenvalue weighted by Gasteiger charge is 2.29. The lowest BCUT2D eigenvalue weighted by atomic mass is 9.95. The smallest absolute Gasteiger partial charge is 0.255 e. The molecule has 1 N–H and O–H groups in total. The molecule has 1 fully saturated rings. The summed E-state index contributed by atoms with van der Waals surface area (Å²) in [6.07, 6.45) is 2.00. The number of nitrogens with one attached hydrogen (secondary N) is 1. The zero-order valence-electron chi connectivity index (χ0n) is 15.0. The van der Waals surface area contributed by atoms with E-state index in [2.05, 4.69) is 34.2 Å². The zero-order valence-corrected chi connectivity index (χ0v) is 15.8. The minimum atomic E-state index is 0.116. The Morgan fingerprint density at radius 3 is 2.81 bits per heavy atom. The SMILES string of the molecule is Cc1nc(C2CCCN(C(=O)c3csc(C)c3-c3ccccc3)C2)n[nH]1. The Morgan fingerprint density at radius 2 is 2.08 bits per heavy atom. The van der Waals surface area contributed by atoms with E-state index in [1.165, 1.54) is 4.88 Å². The van der Waals surface area contributed by atoms with Crippen LogP contribution in [0.15, 0.2) is 35.7 Å². The van der Waals surface area contributed by atoms with Crippen LogP contribution in [-0.2, 0) is 0 Å². The molecule has 5 nitrogen and oxygen atoms in total. The first-order valence-corrected chi connectivity index (χ1v) is 9.83. The lowest BCUT2D eigenvalue weighted by Gasteiger charge is -2.31. The van der Waals surface area contributed by atoms with Crippen molar-refractivity contribution in [3.05, 3.63) is 57.8 Å². The highest BCUT2D eigenvalue weighted by Crippen LogP contribution is 2.34. The number of rotatable bonds is 3. The standard InChI is InChI=1S/C20H22N4OS/c1-13-18(15-7-4-3-5-8-15)17(12-26-13)20(25)24-10-6-9-16(11-24)19-21-14(2)22-23-19/h3-5,7-8,12,16H,6,9-11H2,1-2H3,(H,21,22,23). The average Bonchev–Trinajstić information content (AvgIpc) is 3.28. The summed E-state index contributed by atoms with van der Waals surface area (Å²) in [5, 5.41) is 9.22. The first kappa shape index (κ1) is 17.0. The third-order valence-corrected chi connectivity index (χ3v) is 5.87. The van der Waals surface area contributed by atoms with Gasteiger partial charge in [0.15, 0.2) is 5.82 Å². The molecule has 26 heavy (non-hydrogen) atoms. The molecule has 134 valence electrons. The van der Waals surface area contributed by atoms with E-state index in [-0.39, 0.29) is 11.8 Å². The summed E-state index contributed by atoms with van der Waals surface area (Å²) in [5.41, 5.74) is 2.98. The van der Waals surface area contributed by atoms with E-state index in [0.717, 1.165) is 47.7 Å². The van der Waals surface area contributed by atoms with E-state index in [1.807, 2.05) is 35.4 Å². The van der Waals surface area contributed by atoms with Gasteiger partial charge < -0.3 is 4.90 Å². The summed E-state index contributed by atoms with van der Waals surface area (Å²) in [7, 11) is 0. The maximum Gasteiger partial charge on any atom is 0.255 e. The predicted molar refractivity (Wildman–Crippen MR) is 103 cm³/mol. The first-order chi connectivity index (χ1) is 12.6. The summed E-state index contributed by atoms with van der Waals surface area (Å²) in [6.45, 7) is 5.46. The molecule has 1 aliphatic heterocycles. The normalized spacial score (nSPS) is 17.5. The third-order valence-electron chi connectivity index (χ3n) is 4.96. The van der Waals surface area contributed by atoms with Crippen LogP contribution in [0.4, 0.5) is 0 Å². The van der Waals surface area contributed by atoms with Crippen LogP contribution in [0.1, 0.15) is 45.6 Å². The minimum Gasteiger partial charge on any atom is -0.338 e. The second-order valence-electron chi connectivity index (χ2n) is 6.82. The molecule has 0 spiro atoms. The number of carbonyl (C=O) groups excluding carboxylic acids is 1. The fraction of sp³-hybridized carbons (Fsp3) is 0.350. The number of H-pyrrole nitrogens is 1. The number of carbonyl (C=O) groups is 1. The topological polar surface area (TPSA) is 61.9 Å². The Balaban J connectivity index is 1.60. The van der Waals surface area contributed by atoms with E-state index in [9.17, 15) is 4.79 Å². The van der Waals surface area contributed by atoms with Crippen molar-refractivity contribution < 1.29 is 4.79 Å². The molecule has 0 aliphatic carbocycles. The molecular weight excluding hydrogens is 344 g/mol. The summed E-state index contributed by atoms with van der Waals surface area (Å²) in [4.78, 5) is 20.9. The summed E-state index contributed by atoms with van der Waals surface area (Å²) in [5.74, 6) is 1.97. The number of aromatic amines is 1. The van der Waals surface area contributed by atoms with Gasteiger partial charge in [0.25, 0.3) is 5.91 Å². The molecule has 3 heterocycles. The van der Waals surface area contributed by atoms with Gasteiger partial charge in [-0.3, -0.25) is 9.89 Å². The number of piperidine rings is 1. The van der Waals surface area contributed by atoms with Crippen molar-refractivity contribution >= 4 is 17.2 Å². The Bertz CT molecular complexity index is 915. The monoisotopic (exact) mass is 366 g/mol. The average molecular weight is 366 g/mol. The van der Waals surface area contributed by atoms with Gasteiger partial charge >= 0.3 is 0 Å². The van der Waals surface area contributed by atoms with Gasteiger partial charge in [-0.25, -0.2) is 4.98 Å². The molecule has 0 bridgehead atoms. The second-order valence-corrected chi connectivity index (χ2v) is 7.90. The van der Waals surface area contributed by atoms with Crippen molar-refractivity contribution in [2.45, 2.75) is 32.6 Å². The van der Waals surface area contributed by atoms with Crippen LogP contribution in [0.2, 0.25) is 0 Å². The lowest BCUT2D eigenvalue weighted by Crippen LogP contribution is -2.39. The number of thiophene rings is 1. The molecule has 4 rings (SSSR count). The van der Waals surface area contributed by atoms with Crippen LogP contribution in [0.3, 0.4) is 0 Å². The minimum absolute atomic E-state index is 0.116. The first-order valence-electron chi connectivity index (χ1n) is 8.95. The highest BCUT2D eigenvalue weighted by atomic mass is 32.1. The van der Waals surface area contributed by atoms with Gasteiger partial charge in [-0.05, 0) is 32.3 Å². The molecule has 1 saturated heterocycles. The Labute approximate surface area is 157 Å². The largest absolute Gasteiger partial charge is 0.338 e. The molecular formula is C20H22N4OS. The van der Waals surface area contributed by atoms with Gasteiger partial charge in [-0.1, -0.05) is 30.3 Å². The van der Waals surface area contributed by atoms with Gasteiger partial charge in [0.2, 0.25) is 0 Å². The van der Waals surface area contributed by atoms with Crippen LogP contribution in [-0.4, -0.2) is 39.1 Å². The Morgan fingerprint density at radius 1 is 1.27 bits per heavy atom. The number of aromatic nitrogens is 3. The van der Waals surface area contributed by atoms with Crippen LogP contribution in [0.25, 0.3) is 11.1 Å². The van der Waals surface area contributed by atoms with Gasteiger partial charge in [0.05, 0.1) is 5.56 Å². The van der Waals surface area contributed by atoms with Gasteiger partial charge in [0.1, 0.15) is 5.82 Å². The number of hydrogen-bond acceptors (Lipinski definition) is 4. The molecule has 1 amide bonds. The molecule has 1 unspecified atom stereocenters. The van der Waals surface area contributed by atoms with E-state index in [1.54, 1.807) is 11.3 Å². The van der Waals surface area contributed by atoms with Crippen LogP contribution >= 0.6 is 11.3 Å². The molecule has 1 aromatic carbocycles. The van der Waals surface area contributed by atoms with Gasteiger partial charge in [-0.2, -0.15) is 5.10 Å². The number of amides is 1. The van der Waals surface area contributed by atoms with Gasteiger partial charge in [-0.15, -0.1) is 11.3 Å². The van der Waals surface area contributed by atoms with Crippen LogP contribution in [0.5, 0.6) is 0 Å². The fourth-order valence-electron chi connectivity index (χ4n) is 3.66. The number of aryl methyl sites for hydroxylation is 2. The van der Waals surface area contributed by atoms with Crippen molar-refractivity contribution in [3.8, 4) is 11.1 Å². The Kier molecular flexibility index (Phi) is 4.59. The number of nitrogens with zero attached hydrogens (tertiary/aromatic N) is 3. The molecule has 0 radical (unpaired) electrons. The Hall–Kier alpha value is -2.47. The van der Waals surface area contributed by atoms with Crippen LogP contribution in [0, 0.1) is 13.8 Å². The molecule has 1 atom stereocenters. The second kappa shape index (κ2) is 7.03. The van der Waals surface area contributed by atoms with E-state index in [4.69, 9.17) is 0 Å². The fourth-order valence-corrected chi connectivity index (χ4v) is 4.52. The quantitative estimate of drug-likeness (QED) is 0.757.